The molecule has 2 aromatic rings. The van der Waals surface area contributed by atoms with E-state index in [0.717, 1.165) is 11.1 Å². The summed E-state index contributed by atoms with van der Waals surface area (Å²) in [6, 6.07) is 8.58. The highest BCUT2D eigenvalue weighted by molar-refractivity contribution is 6.31. The van der Waals surface area contributed by atoms with E-state index in [1.54, 1.807) is 6.07 Å². The van der Waals surface area contributed by atoms with Crippen molar-refractivity contribution < 1.29 is 9.50 Å². The van der Waals surface area contributed by atoms with Crippen molar-refractivity contribution in [3.8, 4) is 11.3 Å². The lowest BCUT2D eigenvalue weighted by Gasteiger charge is -2.20. The van der Waals surface area contributed by atoms with Crippen molar-refractivity contribution in [2.75, 3.05) is 6.61 Å². The molecule has 1 heterocycles. The van der Waals surface area contributed by atoms with E-state index < -0.39 is 0 Å². The number of aromatic nitrogens is 1. The Morgan fingerprint density at radius 3 is 2.65 bits per heavy atom. The van der Waals surface area contributed by atoms with Crippen LogP contribution in [0.5, 0.6) is 0 Å². The summed E-state index contributed by atoms with van der Waals surface area (Å²) in [7, 11) is 0. The van der Waals surface area contributed by atoms with Crippen molar-refractivity contribution in [1.29, 1.82) is 0 Å². The Bertz CT molecular complexity index is 676. The number of rotatable bonds is 6. The summed E-state index contributed by atoms with van der Waals surface area (Å²) < 4.78 is 14.0. The molecule has 0 radical (unpaired) electrons. The van der Waals surface area contributed by atoms with E-state index in [2.05, 4.69) is 10.3 Å². The summed E-state index contributed by atoms with van der Waals surface area (Å²) in [5, 5.41) is 13.2. The molecule has 1 atom stereocenters. The van der Waals surface area contributed by atoms with Gasteiger partial charge in [-0.15, -0.1) is 0 Å². The average molecular weight is 337 g/mol. The SMILES string of the molecule is Cc1c(Cl)cccc1-c1ccc(F)c(CN[C@@H](CO)C(C)C)n1. The Kier molecular flexibility index (Phi) is 6.10. The first-order valence-corrected chi connectivity index (χ1v) is 8.07. The monoisotopic (exact) mass is 336 g/mol. The summed E-state index contributed by atoms with van der Waals surface area (Å²) >= 11 is 6.15. The summed E-state index contributed by atoms with van der Waals surface area (Å²) in [6.45, 7) is 6.20. The van der Waals surface area contributed by atoms with Gasteiger partial charge in [0.1, 0.15) is 5.82 Å². The van der Waals surface area contributed by atoms with Gasteiger partial charge in [-0.25, -0.2) is 9.37 Å². The summed E-state index contributed by atoms with van der Waals surface area (Å²) in [6.07, 6.45) is 0. The number of benzene rings is 1. The topological polar surface area (TPSA) is 45.1 Å². The second-order valence-corrected chi connectivity index (χ2v) is 6.36. The molecule has 2 rings (SSSR count). The van der Waals surface area contributed by atoms with Crippen LogP contribution in [0.1, 0.15) is 25.1 Å². The molecule has 0 amide bonds. The molecule has 1 aromatic carbocycles. The van der Waals surface area contributed by atoms with Crippen LogP contribution in [0.4, 0.5) is 4.39 Å². The van der Waals surface area contributed by atoms with Crippen LogP contribution in [0.3, 0.4) is 0 Å². The van der Waals surface area contributed by atoms with Gasteiger partial charge in [0.2, 0.25) is 0 Å². The zero-order valence-electron chi connectivity index (χ0n) is 13.6. The normalized spacial score (nSPS) is 12.7. The summed E-state index contributed by atoms with van der Waals surface area (Å²) in [5.74, 6) is -0.109. The lowest BCUT2D eigenvalue weighted by Crippen LogP contribution is -2.36. The molecular formula is C18H22ClFN2O. The number of hydrogen-bond acceptors (Lipinski definition) is 3. The molecule has 5 heteroatoms. The van der Waals surface area contributed by atoms with Gasteiger partial charge in [0.05, 0.1) is 18.0 Å². The van der Waals surface area contributed by atoms with Crippen LogP contribution in [-0.2, 0) is 6.54 Å². The van der Waals surface area contributed by atoms with Gasteiger partial charge in [-0.1, -0.05) is 37.6 Å². The van der Waals surface area contributed by atoms with E-state index in [-0.39, 0.29) is 30.9 Å². The molecule has 0 saturated carbocycles. The van der Waals surface area contributed by atoms with Crippen LogP contribution in [0.15, 0.2) is 30.3 Å². The maximum absolute atomic E-state index is 14.0. The van der Waals surface area contributed by atoms with Crippen molar-refractivity contribution in [2.45, 2.75) is 33.4 Å². The molecule has 3 nitrogen and oxygen atoms in total. The van der Waals surface area contributed by atoms with E-state index in [1.807, 2.05) is 39.0 Å². The third-order valence-corrected chi connectivity index (χ3v) is 4.40. The number of nitrogens with one attached hydrogen (secondary N) is 1. The first kappa shape index (κ1) is 17.9. The van der Waals surface area contributed by atoms with Crippen LogP contribution in [0.25, 0.3) is 11.3 Å². The highest BCUT2D eigenvalue weighted by atomic mass is 35.5. The van der Waals surface area contributed by atoms with Crippen LogP contribution in [0, 0.1) is 18.7 Å². The summed E-state index contributed by atoms with van der Waals surface area (Å²) in [5.41, 5.74) is 2.83. The molecule has 0 saturated heterocycles. The van der Waals surface area contributed by atoms with Gasteiger partial charge in [0, 0.05) is 23.2 Å². The molecule has 0 fully saturated rings. The predicted octanol–water partition coefficient (Wildman–Crippen LogP) is 3.96. The number of halogens is 2. The Morgan fingerprint density at radius 1 is 1.26 bits per heavy atom. The molecular weight excluding hydrogens is 315 g/mol. The summed E-state index contributed by atoms with van der Waals surface area (Å²) in [4.78, 5) is 4.43. The first-order chi connectivity index (χ1) is 10.9. The number of aliphatic hydroxyl groups is 1. The fraction of sp³-hybridized carbons (Fsp3) is 0.389. The second kappa shape index (κ2) is 7.86. The lowest BCUT2D eigenvalue weighted by molar-refractivity contribution is 0.209. The minimum atomic E-state index is -0.360. The number of hydrogen-bond donors (Lipinski definition) is 2. The zero-order chi connectivity index (χ0) is 17.0. The van der Waals surface area contributed by atoms with Gasteiger partial charge < -0.3 is 10.4 Å². The molecule has 2 N–H and O–H groups in total. The number of aliphatic hydroxyl groups excluding tert-OH is 1. The second-order valence-electron chi connectivity index (χ2n) is 5.95. The maximum atomic E-state index is 14.0. The molecule has 23 heavy (non-hydrogen) atoms. The van der Waals surface area contributed by atoms with E-state index in [4.69, 9.17) is 11.6 Å². The zero-order valence-corrected chi connectivity index (χ0v) is 14.4. The molecule has 0 aliphatic rings. The van der Waals surface area contributed by atoms with Crippen molar-refractivity contribution in [3.05, 3.63) is 52.4 Å². The van der Waals surface area contributed by atoms with Crippen LogP contribution in [0.2, 0.25) is 5.02 Å². The van der Waals surface area contributed by atoms with Crippen molar-refractivity contribution in [1.82, 2.24) is 10.3 Å². The molecule has 0 aliphatic carbocycles. The van der Waals surface area contributed by atoms with Gasteiger partial charge in [0.15, 0.2) is 0 Å². The molecule has 0 spiro atoms. The molecule has 0 aliphatic heterocycles. The third-order valence-electron chi connectivity index (χ3n) is 4.00. The van der Waals surface area contributed by atoms with Crippen LogP contribution < -0.4 is 5.32 Å². The molecule has 0 bridgehead atoms. The Balaban J connectivity index is 2.27. The van der Waals surface area contributed by atoms with Crippen molar-refractivity contribution >= 4 is 11.6 Å². The van der Waals surface area contributed by atoms with Gasteiger partial charge in [0.25, 0.3) is 0 Å². The largest absolute Gasteiger partial charge is 0.395 e. The maximum Gasteiger partial charge on any atom is 0.146 e. The average Bonchev–Trinajstić information content (AvgIpc) is 2.52. The molecule has 0 unspecified atom stereocenters. The number of nitrogens with zero attached hydrogens (tertiary/aromatic N) is 1. The Hall–Kier alpha value is -1.49. The van der Waals surface area contributed by atoms with E-state index in [9.17, 15) is 9.50 Å². The van der Waals surface area contributed by atoms with Gasteiger partial charge >= 0.3 is 0 Å². The third kappa shape index (κ3) is 4.28. The fourth-order valence-corrected chi connectivity index (χ4v) is 2.56. The minimum Gasteiger partial charge on any atom is -0.395 e. The van der Waals surface area contributed by atoms with Crippen LogP contribution >= 0.6 is 11.6 Å². The first-order valence-electron chi connectivity index (χ1n) is 7.69. The highest BCUT2D eigenvalue weighted by Gasteiger charge is 2.14. The number of pyridine rings is 1. The highest BCUT2D eigenvalue weighted by Crippen LogP contribution is 2.27. The Labute approximate surface area is 141 Å². The van der Waals surface area contributed by atoms with Gasteiger partial charge in [-0.3, -0.25) is 0 Å². The van der Waals surface area contributed by atoms with Crippen molar-refractivity contribution in [3.63, 3.8) is 0 Å². The minimum absolute atomic E-state index is 0.00633. The molecule has 124 valence electrons. The van der Waals surface area contributed by atoms with Crippen LogP contribution in [-0.4, -0.2) is 22.7 Å². The smallest absolute Gasteiger partial charge is 0.146 e. The predicted molar refractivity (Wildman–Crippen MR) is 91.9 cm³/mol. The quantitative estimate of drug-likeness (QED) is 0.839. The van der Waals surface area contributed by atoms with E-state index >= 15 is 0 Å². The van der Waals surface area contributed by atoms with Gasteiger partial charge in [-0.05, 0) is 36.6 Å². The van der Waals surface area contributed by atoms with E-state index in [0.29, 0.717) is 16.4 Å². The Morgan fingerprint density at radius 2 is 2.00 bits per heavy atom. The molecule has 1 aromatic heterocycles. The standard InChI is InChI=1S/C18H22ClFN2O/c1-11(2)18(10-23)21-9-17-15(20)7-8-16(22-17)13-5-4-6-14(19)12(13)3/h4-8,11,18,21,23H,9-10H2,1-3H3/t18-/m0/s1. The van der Waals surface area contributed by atoms with Crippen molar-refractivity contribution in [2.24, 2.45) is 5.92 Å². The van der Waals surface area contributed by atoms with Gasteiger partial charge in [-0.2, -0.15) is 0 Å². The van der Waals surface area contributed by atoms with E-state index in [1.165, 1.54) is 6.07 Å². The fourth-order valence-electron chi connectivity index (χ4n) is 2.38. The lowest BCUT2D eigenvalue weighted by atomic mass is 10.0.